The van der Waals surface area contributed by atoms with E-state index in [4.69, 9.17) is 10.00 Å². The van der Waals surface area contributed by atoms with Crippen molar-refractivity contribution in [1.82, 2.24) is 10.3 Å². The highest BCUT2D eigenvalue weighted by molar-refractivity contribution is 5.86. The second kappa shape index (κ2) is 4.93. The fourth-order valence-corrected chi connectivity index (χ4v) is 1.59. The predicted octanol–water partition coefficient (Wildman–Crippen LogP) is 0.280. The topological polar surface area (TPSA) is 75.0 Å². The molecule has 88 valence electrons. The third kappa shape index (κ3) is 2.43. The Morgan fingerprint density at radius 3 is 2.76 bits per heavy atom. The number of nitrogens with zero attached hydrogens (tertiary/aromatic N) is 2. The summed E-state index contributed by atoms with van der Waals surface area (Å²) in [4.78, 5) is 15.7. The number of nitriles is 1. The van der Waals surface area contributed by atoms with Crippen LogP contribution in [-0.2, 0) is 16.0 Å². The summed E-state index contributed by atoms with van der Waals surface area (Å²) in [7, 11) is 0. The van der Waals surface area contributed by atoms with E-state index >= 15 is 0 Å². The van der Waals surface area contributed by atoms with Gasteiger partial charge in [-0.05, 0) is 24.1 Å². The Hall–Kier alpha value is -1.93. The summed E-state index contributed by atoms with van der Waals surface area (Å²) in [5.41, 5.74) is 0.147. The van der Waals surface area contributed by atoms with Gasteiger partial charge in [-0.2, -0.15) is 5.26 Å². The van der Waals surface area contributed by atoms with E-state index in [0.717, 1.165) is 12.0 Å². The summed E-state index contributed by atoms with van der Waals surface area (Å²) in [5.74, 6) is -0.236. The monoisotopic (exact) mass is 231 g/mol. The molecule has 2 rings (SSSR count). The third-order valence-electron chi connectivity index (χ3n) is 2.79. The van der Waals surface area contributed by atoms with Crippen molar-refractivity contribution in [3.63, 3.8) is 0 Å². The zero-order chi connectivity index (χ0) is 12.1. The Labute approximate surface area is 99.4 Å². The van der Waals surface area contributed by atoms with Gasteiger partial charge >= 0.3 is 0 Å². The minimum Gasteiger partial charge on any atom is -0.377 e. The fraction of sp³-hybridized carbons (Fsp3) is 0.417. The predicted molar refractivity (Wildman–Crippen MR) is 59.8 cm³/mol. The second-order valence-electron chi connectivity index (χ2n) is 4.05. The third-order valence-corrected chi connectivity index (χ3v) is 2.79. The van der Waals surface area contributed by atoms with E-state index in [-0.39, 0.29) is 19.1 Å². The number of carbonyl (C=O) groups excluding carboxylic acids is 1. The molecule has 17 heavy (non-hydrogen) atoms. The van der Waals surface area contributed by atoms with Crippen LogP contribution in [0.15, 0.2) is 24.5 Å². The van der Waals surface area contributed by atoms with E-state index in [1.54, 1.807) is 12.4 Å². The van der Waals surface area contributed by atoms with Gasteiger partial charge in [-0.15, -0.1) is 0 Å². The largest absolute Gasteiger partial charge is 0.377 e. The molecule has 1 aliphatic rings. The van der Waals surface area contributed by atoms with Crippen LogP contribution in [-0.4, -0.2) is 30.6 Å². The molecule has 0 saturated carbocycles. The van der Waals surface area contributed by atoms with Gasteiger partial charge in [-0.25, -0.2) is 0 Å². The maximum absolute atomic E-state index is 11.7. The number of nitrogens with one attached hydrogen (secondary N) is 1. The number of amides is 1. The van der Waals surface area contributed by atoms with Crippen molar-refractivity contribution in [2.45, 2.75) is 6.42 Å². The molecule has 0 aliphatic carbocycles. The molecular formula is C12H13N3O2. The van der Waals surface area contributed by atoms with Crippen LogP contribution in [0.5, 0.6) is 0 Å². The van der Waals surface area contributed by atoms with Crippen molar-refractivity contribution < 1.29 is 9.53 Å². The summed E-state index contributed by atoms with van der Waals surface area (Å²) in [5, 5.41) is 11.7. The van der Waals surface area contributed by atoms with Crippen LogP contribution in [0.2, 0.25) is 0 Å². The lowest BCUT2D eigenvalue weighted by Gasteiger charge is -2.33. The maximum Gasteiger partial charge on any atom is 0.245 e. The number of rotatable bonds is 4. The fourth-order valence-electron chi connectivity index (χ4n) is 1.59. The molecule has 1 amide bonds. The average molecular weight is 231 g/mol. The molecule has 5 nitrogen and oxygen atoms in total. The van der Waals surface area contributed by atoms with Gasteiger partial charge in [-0.3, -0.25) is 9.78 Å². The molecule has 1 N–H and O–H groups in total. The quantitative estimate of drug-likeness (QED) is 0.807. The molecule has 1 aliphatic heterocycles. The first-order valence-corrected chi connectivity index (χ1v) is 5.43. The number of hydrogen-bond acceptors (Lipinski definition) is 4. The highest BCUT2D eigenvalue weighted by Crippen LogP contribution is 2.26. The van der Waals surface area contributed by atoms with E-state index in [0.29, 0.717) is 6.54 Å². The van der Waals surface area contributed by atoms with Gasteiger partial charge in [-0.1, -0.05) is 0 Å². The standard InChI is InChI=1S/C12H13N3O2/c13-7-12(8-17-9-12)11(16)15-6-3-10-1-4-14-5-2-10/h1-2,4-5H,3,6,8-9H2,(H,15,16). The molecule has 0 bridgehead atoms. The van der Waals surface area contributed by atoms with E-state index in [1.807, 2.05) is 18.2 Å². The van der Waals surface area contributed by atoms with E-state index < -0.39 is 5.41 Å². The van der Waals surface area contributed by atoms with Crippen LogP contribution in [0.3, 0.4) is 0 Å². The number of carbonyl (C=O) groups is 1. The van der Waals surface area contributed by atoms with Crippen LogP contribution >= 0.6 is 0 Å². The molecule has 0 spiro atoms. The summed E-state index contributed by atoms with van der Waals surface area (Å²) in [6.45, 7) is 0.918. The lowest BCUT2D eigenvalue weighted by molar-refractivity contribution is -0.149. The molecule has 1 fully saturated rings. The molecule has 5 heteroatoms. The molecule has 1 aromatic rings. The second-order valence-corrected chi connectivity index (χ2v) is 4.05. The normalized spacial score (nSPS) is 16.6. The summed E-state index contributed by atoms with van der Waals surface area (Å²) in [6.07, 6.45) is 4.16. The van der Waals surface area contributed by atoms with Crippen LogP contribution in [0.1, 0.15) is 5.56 Å². The number of aromatic nitrogens is 1. The van der Waals surface area contributed by atoms with E-state index in [9.17, 15) is 4.79 Å². The first kappa shape index (κ1) is 11.6. The Kier molecular flexibility index (Phi) is 3.35. The SMILES string of the molecule is N#CC1(C(=O)NCCc2ccncc2)COC1. The van der Waals surface area contributed by atoms with Gasteiger partial charge in [0.15, 0.2) is 5.41 Å². The molecular weight excluding hydrogens is 218 g/mol. The van der Waals surface area contributed by atoms with Crippen LogP contribution in [0.25, 0.3) is 0 Å². The minimum atomic E-state index is -0.960. The number of ether oxygens (including phenoxy) is 1. The highest BCUT2D eigenvalue weighted by Gasteiger charge is 2.46. The van der Waals surface area contributed by atoms with Gasteiger partial charge in [0.25, 0.3) is 0 Å². The summed E-state index contributed by atoms with van der Waals surface area (Å²) in [6, 6.07) is 5.82. The zero-order valence-corrected chi connectivity index (χ0v) is 9.35. The minimum absolute atomic E-state index is 0.199. The molecule has 2 heterocycles. The van der Waals surface area contributed by atoms with Crippen molar-refractivity contribution >= 4 is 5.91 Å². The first-order chi connectivity index (χ1) is 8.27. The van der Waals surface area contributed by atoms with Crippen molar-refractivity contribution in [2.75, 3.05) is 19.8 Å². The summed E-state index contributed by atoms with van der Waals surface area (Å²) < 4.78 is 4.92. The van der Waals surface area contributed by atoms with Gasteiger partial charge in [0, 0.05) is 18.9 Å². The maximum atomic E-state index is 11.7. The average Bonchev–Trinajstić information content (AvgIpc) is 2.30. The van der Waals surface area contributed by atoms with Crippen molar-refractivity contribution in [3.05, 3.63) is 30.1 Å². The molecule has 0 unspecified atom stereocenters. The smallest absolute Gasteiger partial charge is 0.245 e. The van der Waals surface area contributed by atoms with Crippen molar-refractivity contribution in [1.29, 1.82) is 5.26 Å². The van der Waals surface area contributed by atoms with Crippen LogP contribution < -0.4 is 5.32 Å². The van der Waals surface area contributed by atoms with Gasteiger partial charge < -0.3 is 10.1 Å². The lowest BCUT2D eigenvalue weighted by atomic mass is 9.87. The molecule has 0 atom stereocenters. The van der Waals surface area contributed by atoms with E-state index in [2.05, 4.69) is 10.3 Å². The lowest BCUT2D eigenvalue weighted by Crippen LogP contribution is -2.53. The molecule has 1 aromatic heterocycles. The van der Waals surface area contributed by atoms with Gasteiger partial charge in [0.05, 0.1) is 19.3 Å². The van der Waals surface area contributed by atoms with Crippen LogP contribution in [0, 0.1) is 16.7 Å². The van der Waals surface area contributed by atoms with Gasteiger partial charge in [0.1, 0.15) is 0 Å². The molecule has 0 radical (unpaired) electrons. The zero-order valence-electron chi connectivity index (χ0n) is 9.35. The number of hydrogen-bond donors (Lipinski definition) is 1. The molecule has 1 saturated heterocycles. The van der Waals surface area contributed by atoms with E-state index in [1.165, 1.54) is 0 Å². The Morgan fingerprint density at radius 1 is 1.53 bits per heavy atom. The van der Waals surface area contributed by atoms with Crippen molar-refractivity contribution in [3.8, 4) is 6.07 Å². The highest BCUT2D eigenvalue weighted by atomic mass is 16.5. The molecule has 0 aromatic carbocycles. The Bertz CT molecular complexity index is 435. The Morgan fingerprint density at radius 2 is 2.24 bits per heavy atom. The van der Waals surface area contributed by atoms with Crippen LogP contribution in [0.4, 0.5) is 0 Å². The first-order valence-electron chi connectivity index (χ1n) is 5.43. The summed E-state index contributed by atoms with van der Waals surface area (Å²) >= 11 is 0. The number of pyridine rings is 1. The van der Waals surface area contributed by atoms with Crippen molar-refractivity contribution in [2.24, 2.45) is 5.41 Å². The van der Waals surface area contributed by atoms with Gasteiger partial charge in [0.2, 0.25) is 5.91 Å². The Balaban J connectivity index is 1.80.